The molecule has 0 aromatic heterocycles. The van der Waals surface area contributed by atoms with Crippen molar-refractivity contribution < 1.29 is 4.79 Å². The average Bonchev–Trinajstić information content (AvgIpc) is 2.96. The van der Waals surface area contributed by atoms with Crippen LogP contribution in [0.15, 0.2) is 53.0 Å². The van der Waals surface area contributed by atoms with Crippen molar-refractivity contribution in [2.75, 3.05) is 44.2 Å². The quantitative estimate of drug-likeness (QED) is 0.752. The highest BCUT2D eigenvalue weighted by atomic mass is 79.9. The van der Waals surface area contributed by atoms with Crippen LogP contribution in [-0.2, 0) is 17.8 Å². The van der Waals surface area contributed by atoms with Gasteiger partial charge in [-0.25, -0.2) is 0 Å². The summed E-state index contributed by atoms with van der Waals surface area (Å²) in [4.78, 5) is 19.3. The van der Waals surface area contributed by atoms with E-state index in [1.54, 1.807) is 0 Å². The molecule has 2 heterocycles. The van der Waals surface area contributed by atoms with Gasteiger partial charge < -0.3 is 4.90 Å². The lowest BCUT2D eigenvalue weighted by molar-refractivity contribution is -0.117. The van der Waals surface area contributed by atoms with Crippen molar-refractivity contribution in [3.05, 3.63) is 64.1 Å². The summed E-state index contributed by atoms with van der Waals surface area (Å²) in [6, 6.07) is 16.8. The average molecular weight is 414 g/mol. The van der Waals surface area contributed by atoms with E-state index in [9.17, 15) is 4.79 Å². The van der Waals surface area contributed by atoms with E-state index < -0.39 is 0 Å². The maximum absolute atomic E-state index is 12.4. The van der Waals surface area contributed by atoms with E-state index in [0.717, 1.165) is 61.5 Å². The molecule has 0 saturated carbocycles. The summed E-state index contributed by atoms with van der Waals surface area (Å²) in [5.74, 6) is 0.223. The molecule has 1 amide bonds. The number of hydrogen-bond donors (Lipinski definition) is 0. The number of carbonyl (C=O) groups excluding carboxylic acids is 1. The predicted molar refractivity (Wildman–Crippen MR) is 108 cm³/mol. The minimum atomic E-state index is 0.223. The van der Waals surface area contributed by atoms with Gasteiger partial charge in [-0.15, -0.1) is 0 Å². The Morgan fingerprint density at radius 1 is 0.885 bits per heavy atom. The van der Waals surface area contributed by atoms with Crippen LogP contribution >= 0.6 is 15.9 Å². The first-order chi connectivity index (χ1) is 12.7. The Balaban J connectivity index is 1.27. The number of halogens is 1. The molecular formula is C21H24BrN3O. The Morgan fingerprint density at radius 2 is 1.62 bits per heavy atom. The minimum Gasteiger partial charge on any atom is -0.311 e. The van der Waals surface area contributed by atoms with Gasteiger partial charge in [0.25, 0.3) is 0 Å². The monoisotopic (exact) mass is 413 g/mol. The highest BCUT2D eigenvalue weighted by molar-refractivity contribution is 9.10. The molecule has 136 valence electrons. The number of hydrogen-bond acceptors (Lipinski definition) is 3. The van der Waals surface area contributed by atoms with Crippen LogP contribution in [0.1, 0.15) is 11.1 Å². The smallest absolute Gasteiger partial charge is 0.231 e. The van der Waals surface area contributed by atoms with Crippen LogP contribution in [0.2, 0.25) is 0 Å². The number of piperazine rings is 1. The fraction of sp³-hybridized carbons (Fsp3) is 0.381. The molecule has 2 aliphatic heterocycles. The summed E-state index contributed by atoms with van der Waals surface area (Å²) < 4.78 is 1.04. The van der Waals surface area contributed by atoms with Crippen LogP contribution in [0.5, 0.6) is 0 Å². The van der Waals surface area contributed by atoms with Crippen LogP contribution in [0.3, 0.4) is 0 Å². The van der Waals surface area contributed by atoms with Crippen molar-refractivity contribution in [2.24, 2.45) is 0 Å². The third-order valence-electron chi connectivity index (χ3n) is 5.33. The third-order valence-corrected chi connectivity index (χ3v) is 5.82. The van der Waals surface area contributed by atoms with Gasteiger partial charge in [-0.05, 0) is 29.3 Å². The Hall–Kier alpha value is -1.69. The predicted octanol–water partition coefficient (Wildman–Crippen LogP) is 3.16. The molecule has 2 aromatic carbocycles. The molecular weight excluding hydrogens is 390 g/mol. The van der Waals surface area contributed by atoms with Crippen molar-refractivity contribution in [3.63, 3.8) is 0 Å². The maximum atomic E-state index is 12.4. The van der Waals surface area contributed by atoms with Crippen LogP contribution in [0.4, 0.5) is 5.69 Å². The van der Waals surface area contributed by atoms with Crippen molar-refractivity contribution in [1.82, 2.24) is 9.80 Å². The number of fused-ring (bicyclic) bond motifs is 1. The third kappa shape index (κ3) is 4.00. The highest BCUT2D eigenvalue weighted by Crippen LogP contribution is 2.31. The molecule has 0 atom stereocenters. The summed E-state index contributed by atoms with van der Waals surface area (Å²) in [7, 11) is 0. The van der Waals surface area contributed by atoms with Gasteiger partial charge >= 0.3 is 0 Å². The van der Waals surface area contributed by atoms with E-state index in [1.807, 2.05) is 11.0 Å². The minimum absolute atomic E-state index is 0.223. The molecule has 4 rings (SSSR count). The standard InChI is InChI=1S/C21H24BrN3O/c22-19-6-7-20-18(14-19)15-21(26)25(20)13-12-23-8-10-24(11-9-23)16-17-4-2-1-3-5-17/h1-7,14H,8-13,15-16H2. The van der Waals surface area contributed by atoms with Crippen molar-refractivity contribution in [2.45, 2.75) is 13.0 Å². The second-order valence-corrected chi connectivity index (χ2v) is 8.01. The molecule has 0 radical (unpaired) electrons. The lowest BCUT2D eigenvalue weighted by Gasteiger charge is -2.35. The first kappa shape index (κ1) is 17.7. The van der Waals surface area contributed by atoms with E-state index in [0.29, 0.717) is 6.42 Å². The van der Waals surface area contributed by atoms with Gasteiger partial charge in [-0.2, -0.15) is 0 Å². The Labute approximate surface area is 163 Å². The molecule has 2 aromatic rings. The van der Waals surface area contributed by atoms with Crippen LogP contribution in [0.25, 0.3) is 0 Å². The van der Waals surface area contributed by atoms with Gasteiger partial charge in [-0.1, -0.05) is 46.3 Å². The first-order valence-corrected chi connectivity index (χ1v) is 10.1. The Kier molecular flexibility index (Phi) is 5.38. The van der Waals surface area contributed by atoms with Crippen molar-refractivity contribution >= 4 is 27.5 Å². The maximum Gasteiger partial charge on any atom is 0.231 e. The second kappa shape index (κ2) is 7.91. The molecule has 5 heteroatoms. The van der Waals surface area contributed by atoms with Gasteiger partial charge in [0.15, 0.2) is 0 Å². The SMILES string of the molecule is O=C1Cc2cc(Br)ccc2N1CCN1CCN(Cc2ccccc2)CC1. The lowest BCUT2D eigenvalue weighted by atomic mass is 10.2. The summed E-state index contributed by atoms with van der Waals surface area (Å²) in [5, 5.41) is 0. The van der Waals surface area contributed by atoms with Gasteiger partial charge in [0, 0.05) is 56.0 Å². The Morgan fingerprint density at radius 3 is 2.38 bits per heavy atom. The fourth-order valence-corrected chi connectivity index (χ4v) is 4.26. The number of anilines is 1. The van der Waals surface area contributed by atoms with E-state index in [4.69, 9.17) is 0 Å². The molecule has 1 fully saturated rings. The summed E-state index contributed by atoms with van der Waals surface area (Å²) in [5.41, 5.74) is 3.60. The molecule has 0 unspecified atom stereocenters. The number of carbonyl (C=O) groups is 1. The van der Waals surface area contributed by atoms with E-state index in [-0.39, 0.29) is 5.91 Å². The van der Waals surface area contributed by atoms with Crippen LogP contribution in [0, 0.1) is 0 Å². The van der Waals surface area contributed by atoms with E-state index in [2.05, 4.69) is 68.2 Å². The molecule has 0 N–H and O–H groups in total. The fourth-order valence-electron chi connectivity index (χ4n) is 3.85. The zero-order chi connectivity index (χ0) is 17.9. The summed E-state index contributed by atoms with van der Waals surface area (Å²) in [6.45, 7) is 7.08. The van der Waals surface area contributed by atoms with Crippen LogP contribution in [-0.4, -0.2) is 55.0 Å². The lowest BCUT2D eigenvalue weighted by Crippen LogP contribution is -2.48. The van der Waals surface area contributed by atoms with Gasteiger partial charge in [-0.3, -0.25) is 14.6 Å². The molecule has 2 aliphatic rings. The van der Waals surface area contributed by atoms with Crippen LogP contribution < -0.4 is 4.90 Å². The van der Waals surface area contributed by atoms with Gasteiger partial charge in [0.2, 0.25) is 5.91 Å². The molecule has 26 heavy (non-hydrogen) atoms. The van der Waals surface area contributed by atoms with E-state index in [1.165, 1.54) is 5.56 Å². The molecule has 1 saturated heterocycles. The number of benzene rings is 2. The highest BCUT2D eigenvalue weighted by Gasteiger charge is 2.27. The molecule has 0 bridgehead atoms. The molecule has 4 nitrogen and oxygen atoms in total. The topological polar surface area (TPSA) is 26.8 Å². The van der Waals surface area contributed by atoms with Gasteiger partial charge in [0.05, 0.1) is 6.42 Å². The zero-order valence-electron chi connectivity index (χ0n) is 14.9. The van der Waals surface area contributed by atoms with Crippen molar-refractivity contribution in [3.8, 4) is 0 Å². The van der Waals surface area contributed by atoms with Gasteiger partial charge in [0.1, 0.15) is 0 Å². The normalized spacial score (nSPS) is 18.3. The first-order valence-electron chi connectivity index (χ1n) is 9.26. The number of rotatable bonds is 5. The molecule has 0 spiro atoms. The van der Waals surface area contributed by atoms with E-state index >= 15 is 0 Å². The number of nitrogens with zero attached hydrogens (tertiary/aromatic N) is 3. The summed E-state index contributed by atoms with van der Waals surface area (Å²) in [6.07, 6.45) is 0.527. The van der Waals surface area contributed by atoms with Crippen molar-refractivity contribution in [1.29, 1.82) is 0 Å². The zero-order valence-corrected chi connectivity index (χ0v) is 16.5. The number of amides is 1. The molecule has 0 aliphatic carbocycles. The second-order valence-electron chi connectivity index (χ2n) is 7.10. The Bertz CT molecular complexity index is 772. The summed E-state index contributed by atoms with van der Waals surface area (Å²) >= 11 is 3.49. The largest absolute Gasteiger partial charge is 0.311 e.